The molecule has 0 saturated carbocycles. The average Bonchev–Trinajstić information content (AvgIpc) is 3.26. The molecule has 0 aliphatic carbocycles. The molecule has 3 aromatic heterocycles. The van der Waals surface area contributed by atoms with E-state index >= 15 is 0 Å². The normalized spacial score (nSPS) is 13.4. The van der Waals surface area contributed by atoms with Crippen LogP contribution in [0.25, 0.3) is 33.4 Å². The smallest absolute Gasteiger partial charge is 0.112 e. The van der Waals surface area contributed by atoms with Crippen molar-refractivity contribution in [3.63, 3.8) is 0 Å². The number of pyridine rings is 1. The summed E-state index contributed by atoms with van der Waals surface area (Å²) in [5, 5.41) is 19.2. The van der Waals surface area contributed by atoms with Gasteiger partial charge in [0.1, 0.15) is 11.2 Å². The van der Waals surface area contributed by atoms with Crippen LogP contribution in [0, 0.1) is 0 Å². The van der Waals surface area contributed by atoms with E-state index in [-0.39, 0.29) is 12.4 Å². The van der Waals surface area contributed by atoms with Crippen LogP contribution in [0.1, 0.15) is 5.69 Å². The van der Waals surface area contributed by atoms with Gasteiger partial charge in [0, 0.05) is 36.6 Å². The first-order valence-corrected chi connectivity index (χ1v) is 7.92. The third-order valence-corrected chi connectivity index (χ3v) is 4.42. The zero-order chi connectivity index (χ0) is 15.9. The molecule has 0 fully saturated rings. The summed E-state index contributed by atoms with van der Waals surface area (Å²) in [5.41, 5.74) is 7.32. The zero-order valence-corrected chi connectivity index (χ0v) is 14.1. The predicted molar refractivity (Wildman–Crippen MR) is 97.3 cm³/mol. The molecule has 126 valence electrons. The van der Waals surface area contributed by atoms with Crippen LogP contribution in [0.2, 0.25) is 0 Å². The number of rotatable bonds is 2. The second-order valence-electron chi connectivity index (χ2n) is 5.85. The Morgan fingerprint density at radius 1 is 1.04 bits per heavy atom. The van der Waals surface area contributed by atoms with Gasteiger partial charge in [0.25, 0.3) is 0 Å². The number of nitrogens with one attached hydrogen (secondary N) is 2. The van der Waals surface area contributed by atoms with Crippen LogP contribution in [0.5, 0.6) is 0 Å². The van der Waals surface area contributed by atoms with E-state index in [2.05, 4.69) is 42.5 Å². The van der Waals surface area contributed by atoms with Gasteiger partial charge >= 0.3 is 0 Å². The van der Waals surface area contributed by atoms with E-state index in [9.17, 15) is 0 Å². The Labute approximate surface area is 149 Å². The monoisotopic (exact) mass is 353 g/mol. The summed E-state index contributed by atoms with van der Waals surface area (Å²) in [6, 6.07) is 10.2. The van der Waals surface area contributed by atoms with Crippen molar-refractivity contribution in [3.05, 3.63) is 48.4 Å². The Balaban J connectivity index is 0.00000157. The number of fused-ring (bicyclic) bond motifs is 2. The molecule has 7 nitrogen and oxygen atoms in total. The molecule has 0 bridgehead atoms. The van der Waals surface area contributed by atoms with Gasteiger partial charge in [0.15, 0.2) is 0 Å². The number of hydrogen-bond donors (Lipinski definition) is 2. The third kappa shape index (κ3) is 2.57. The molecule has 1 aromatic carbocycles. The van der Waals surface area contributed by atoms with E-state index in [1.807, 2.05) is 30.6 Å². The summed E-state index contributed by atoms with van der Waals surface area (Å²) in [6.45, 7) is 2.63. The fourth-order valence-corrected chi connectivity index (χ4v) is 3.27. The number of hydrogen-bond acceptors (Lipinski definition) is 5. The lowest BCUT2D eigenvalue weighted by Crippen LogP contribution is -2.28. The van der Waals surface area contributed by atoms with E-state index in [4.69, 9.17) is 5.10 Å². The van der Waals surface area contributed by atoms with Crippen molar-refractivity contribution in [2.45, 2.75) is 13.1 Å². The highest BCUT2D eigenvalue weighted by Gasteiger charge is 2.22. The zero-order valence-electron chi connectivity index (χ0n) is 13.3. The van der Waals surface area contributed by atoms with Gasteiger partial charge in [-0.25, -0.2) is 0 Å². The summed E-state index contributed by atoms with van der Waals surface area (Å²) in [7, 11) is 0. The number of aromatic amines is 1. The van der Waals surface area contributed by atoms with Crippen LogP contribution in [0.3, 0.4) is 0 Å². The maximum atomic E-state index is 4.89. The maximum Gasteiger partial charge on any atom is 0.112 e. The van der Waals surface area contributed by atoms with Gasteiger partial charge in [0.2, 0.25) is 0 Å². The van der Waals surface area contributed by atoms with Crippen molar-refractivity contribution in [1.29, 1.82) is 0 Å². The standard InChI is InChI=1S/C17H15N7.ClH/c1-2-13-14(21-23-20-13)9-12(1)17-16(11-3-5-18-6-4-11)15-10-19-7-8-24(15)22-17;/h1-6,9,19H,7-8,10H2,(H,20,21,23);1H. The lowest BCUT2D eigenvalue weighted by Gasteiger charge is -2.16. The Hall–Kier alpha value is -2.77. The molecule has 0 spiro atoms. The average molecular weight is 354 g/mol. The first kappa shape index (κ1) is 15.7. The van der Waals surface area contributed by atoms with Crippen LogP contribution >= 0.6 is 12.4 Å². The number of nitrogens with zero attached hydrogens (tertiary/aromatic N) is 5. The van der Waals surface area contributed by atoms with Gasteiger partial charge in [-0.1, -0.05) is 11.3 Å². The summed E-state index contributed by atoms with van der Waals surface area (Å²) >= 11 is 0. The third-order valence-electron chi connectivity index (χ3n) is 4.42. The van der Waals surface area contributed by atoms with Gasteiger partial charge in [0.05, 0.1) is 17.8 Å². The lowest BCUT2D eigenvalue weighted by molar-refractivity contribution is 0.477. The van der Waals surface area contributed by atoms with Crippen molar-refractivity contribution < 1.29 is 0 Å². The predicted octanol–water partition coefficient (Wildman–Crippen LogP) is 2.41. The van der Waals surface area contributed by atoms with Crippen LogP contribution in [-0.2, 0) is 13.1 Å². The SMILES string of the molecule is Cl.c1cc(-c2c(-c3ccc4nn[nH]c4c3)nn3c2CNCC3)ccn1. The molecular formula is C17H16ClN7. The minimum atomic E-state index is 0. The van der Waals surface area contributed by atoms with E-state index in [1.54, 1.807) is 0 Å². The van der Waals surface area contributed by atoms with Crippen molar-refractivity contribution in [2.24, 2.45) is 0 Å². The van der Waals surface area contributed by atoms with Crippen LogP contribution in [0.4, 0.5) is 0 Å². The molecule has 8 heteroatoms. The van der Waals surface area contributed by atoms with Crippen LogP contribution in [0.15, 0.2) is 42.7 Å². The summed E-state index contributed by atoms with van der Waals surface area (Å²) < 4.78 is 2.11. The minimum absolute atomic E-state index is 0. The molecule has 4 aromatic rings. The molecule has 0 radical (unpaired) electrons. The Morgan fingerprint density at radius 3 is 2.80 bits per heavy atom. The molecule has 0 unspecified atom stereocenters. The fraction of sp³-hybridized carbons (Fsp3) is 0.176. The molecule has 5 rings (SSSR count). The Kier molecular flexibility index (Phi) is 3.95. The van der Waals surface area contributed by atoms with E-state index in [1.165, 1.54) is 5.69 Å². The summed E-state index contributed by atoms with van der Waals surface area (Å²) in [4.78, 5) is 4.14. The van der Waals surface area contributed by atoms with Gasteiger partial charge in [-0.15, -0.1) is 17.5 Å². The topological polar surface area (TPSA) is 84.3 Å². The highest BCUT2D eigenvalue weighted by Crippen LogP contribution is 2.35. The van der Waals surface area contributed by atoms with Gasteiger partial charge in [-0.2, -0.15) is 5.10 Å². The largest absolute Gasteiger partial charge is 0.309 e. The Bertz CT molecular complexity index is 1020. The first-order valence-electron chi connectivity index (χ1n) is 7.92. The number of H-pyrrole nitrogens is 1. The number of halogens is 1. The van der Waals surface area contributed by atoms with Crippen molar-refractivity contribution in [1.82, 2.24) is 35.5 Å². The molecule has 0 amide bonds. The lowest BCUT2D eigenvalue weighted by atomic mass is 9.99. The van der Waals surface area contributed by atoms with Crippen LogP contribution in [-0.4, -0.2) is 36.7 Å². The fourth-order valence-electron chi connectivity index (χ4n) is 3.27. The van der Waals surface area contributed by atoms with Gasteiger partial charge in [-0.3, -0.25) is 14.8 Å². The molecule has 0 atom stereocenters. The van der Waals surface area contributed by atoms with E-state index in [0.29, 0.717) is 0 Å². The van der Waals surface area contributed by atoms with Crippen molar-refractivity contribution in [3.8, 4) is 22.4 Å². The second-order valence-corrected chi connectivity index (χ2v) is 5.85. The molecular weight excluding hydrogens is 338 g/mol. The molecule has 25 heavy (non-hydrogen) atoms. The highest BCUT2D eigenvalue weighted by atomic mass is 35.5. The first-order chi connectivity index (χ1) is 11.9. The molecule has 1 aliphatic heterocycles. The van der Waals surface area contributed by atoms with Crippen molar-refractivity contribution >= 4 is 23.4 Å². The second kappa shape index (κ2) is 6.27. The van der Waals surface area contributed by atoms with E-state index < -0.39 is 0 Å². The Morgan fingerprint density at radius 2 is 1.92 bits per heavy atom. The van der Waals surface area contributed by atoms with Crippen molar-refractivity contribution in [2.75, 3.05) is 6.54 Å². The minimum Gasteiger partial charge on any atom is -0.309 e. The summed E-state index contributed by atoms with van der Waals surface area (Å²) in [6.07, 6.45) is 3.64. The number of benzene rings is 1. The van der Waals surface area contributed by atoms with E-state index in [0.717, 1.165) is 53.1 Å². The van der Waals surface area contributed by atoms with Gasteiger partial charge < -0.3 is 5.32 Å². The molecule has 4 heterocycles. The van der Waals surface area contributed by atoms with Crippen LogP contribution < -0.4 is 5.32 Å². The molecule has 1 aliphatic rings. The maximum absolute atomic E-state index is 4.89. The molecule has 0 saturated heterocycles. The number of aromatic nitrogens is 6. The highest BCUT2D eigenvalue weighted by molar-refractivity contribution is 5.87. The molecule has 2 N–H and O–H groups in total. The quantitative estimate of drug-likeness (QED) is 0.578. The van der Waals surface area contributed by atoms with Gasteiger partial charge in [-0.05, 0) is 29.8 Å². The summed E-state index contributed by atoms with van der Waals surface area (Å²) in [5.74, 6) is 0.